The summed E-state index contributed by atoms with van der Waals surface area (Å²) in [6.07, 6.45) is 3.78. The van der Waals surface area contributed by atoms with Crippen molar-refractivity contribution in [1.29, 1.82) is 0 Å². The van der Waals surface area contributed by atoms with E-state index in [1.807, 2.05) is 23.1 Å². The third kappa shape index (κ3) is 2.48. The molecule has 0 saturated carbocycles. The lowest BCUT2D eigenvalue weighted by Crippen LogP contribution is -2.38. The molecule has 0 bridgehead atoms. The first-order chi connectivity index (χ1) is 11.7. The van der Waals surface area contributed by atoms with E-state index >= 15 is 0 Å². The number of aromatic nitrogens is 1. The first kappa shape index (κ1) is 15.2. The van der Waals surface area contributed by atoms with E-state index in [9.17, 15) is 4.79 Å². The zero-order chi connectivity index (χ0) is 16.7. The highest BCUT2D eigenvalue weighted by Crippen LogP contribution is 2.37. The van der Waals surface area contributed by atoms with Gasteiger partial charge in [-0.15, -0.1) is 0 Å². The minimum absolute atomic E-state index is 0.0175. The summed E-state index contributed by atoms with van der Waals surface area (Å²) in [4.78, 5) is 14.8. The number of nitrogens with zero attached hydrogens (tertiary/aromatic N) is 2. The van der Waals surface area contributed by atoms with E-state index in [1.54, 1.807) is 7.11 Å². The fourth-order valence-corrected chi connectivity index (χ4v) is 3.67. The molecule has 5 nitrogen and oxygen atoms in total. The van der Waals surface area contributed by atoms with Gasteiger partial charge in [-0.2, -0.15) is 0 Å². The number of likely N-dealkylation sites (tertiary alicyclic amines) is 1. The lowest BCUT2D eigenvalue weighted by Gasteiger charge is -2.30. The molecule has 1 aromatic heterocycles. The molecule has 0 spiro atoms. The summed E-state index contributed by atoms with van der Waals surface area (Å²) in [6, 6.07) is 5.95. The van der Waals surface area contributed by atoms with Crippen LogP contribution in [0.25, 0.3) is 11.3 Å². The molecule has 2 heterocycles. The molecule has 2 aromatic rings. The van der Waals surface area contributed by atoms with E-state index < -0.39 is 0 Å². The average Bonchev–Trinajstić information content (AvgIpc) is 3.05. The standard InChI is InChI=1S/C19H22N2O3/c1-12-7-9-21(10-8-12)19(22)17-16-5-3-13-11-14(23-2)4-6-15(13)18(16)24-20-17/h4,6,11-12H,3,5,7-10H2,1-2H3. The van der Waals surface area contributed by atoms with Gasteiger partial charge in [0.2, 0.25) is 0 Å². The summed E-state index contributed by atoms with van der Waals surface area (Å²) in [5.74, 6) is 2.30. The first-order valence-electron chi connectivity index (χ1n) is 8.62. The van der Waals surface area contributed by atoms with Crippen LogP contribution in [0.1, 0.15) is 41.4 Å². The Bertz CT molecular complexity index is 773. The molecule has 126 valence electrons. The van der Waals surface area contributed by atoms with Gasteiger partial charge < -0.3 is 14.2 Å². The van der Waals surface area contributed by atoms with E-state index in [1.165, 1.54) is 5.56 Å². The van der Waals surface area contributed by atoms with Crippen molar-refractivity contribution in [3.8, 4) is 17.1 Å². The number of hydrogen-bond donors (Lipinski definition) is 0. The van der Waals surface area contributed by atoms with Crippen molar-refractivity contribution >= 4 is 5.91 Å². The summed E-state index contributed by atoms with van der Waals surface area (Å²) >= 11 is 0. The molecule has 24 heavy (non-hydrogen) atoms. The van der Waals surface area contributed by atoms with E-state index in [0.717, 1.165) is 61.4 Å². The molecular formula is C19H22N2O3. The molecule has 1 aliphatic carbocycles. The predicted molar refractivity (Wildman–Crippen MR) is 90.2 cm³/mol. The number of carbonyl (C=O) groups is 1. The van der Waals surface area contributed by atoms with Gasteiger partial charge in [0.1, 0.15) is 5.75 Å². The van der Waals surface area contributed by atoms with Crippen molar-refractivity contribution in [3.05, 3.63) is 35.0 Å². The van der Waals surface area contributed by atoms with Crippen LogP contribution in [0.2, 0.25) is 0 Å². The Balaban J connectivity index is 1.64. The largest absolute Gasteiger partial charge is 0.497 e. The molecular weight excluding hydrogens is 304 g/mol. The Morgan fingerprint density at radius 3 is 2.83 bits per heavy atom. The molecule has 1 aliphatic heterocycles. The summed E-state index contributed by atoms with van der Waals surface area (Å²) in [6.45, 7) is 3.87. The van der Waals surface area contributed by atoms with Gasteiger partial charge in [0, 0.05) is 24.2 Å². The molecule has 4 rings (SSSR count). The number of benzene rings is 1. The highest BCUT2D eigenvalue weighted by atomic mass is 16.5. The molecule has 1 saturated heterocycles. The summed E-state index contributed by atoms with van der Waals surface area (Å²) in [5, 5.41) is 4.14. The second-order valence-electron chi connectivity index (χ2n) is 6.84. The van der Waals surface area contributed by atoms with Crippen molar-refractivity contribution in [1.82, 2.24) is 10.1 Å². The van der Waals surface area contributed by atoms with Crippen molar-refractivity contribution in [2.45, 2.75) is 32.6 Å². The van der Waals surface area contributed by atoms with Gasteiger partial charge in [0.25, 0.3) is 5.91 Å². The van der Waals surface area contributed by atoms with Crippen LogP contribution in [0.3, 0.4) is 0 Å². The van der Waals surface area contributed by atoms with Crippen LogP contribution in [0.15, 0.2) is 22.7 Å². The minimum atomic E-state index is 0.0175. The highest BCUT2D eigenvalue weighted by Gasteiger charge is 2.31. The number of fused-ring (bicyclic) bond motifs is 3. The number of methoxy groups -OCH3 is 1. The van der Waals surface area contributed by atoms with E-state index in [-0.39, 0.29) is 5.91 Å². The van der Waals surface area contributed by atoms with Crippen LogP contribution in [-0.2, 0) is 12.8 Å². The minimum Gasteiger partial charge on any atom is -0.497 e. The van der Waals surface area contributed by atoms with Crippen molar-refractivity contribution in [3.63, 3.8) is 0 Å². The fourth-order valence-electron chi connectivity index (χ4n) is 3.67. The monoisotopic (exact) mass is 326 g/mol. The number of rotatable bonds is 2. The molecule has 5 heteroatoms. The lowest BCUT2D eigenvalue weighted by atomic mass is 9.89. The van der Waals surface area contributed by atoms with Gasteiger partial charge in [-0.1, -0.05) is 12.1 Å². The van der Waals surface area contributed by atoms with Gasteiger partial charge in [0.05, 0.1) is 7.11 Å². The fraction of sp³-hybridized carbons (Fsp3) is 0.474. The number of piperidine rings is 1. The highest BCUT2D eigenvalue weighted by molar-refractivity contribution is 5.95. The van der Waals surface area contributed by atoms with Gasteiger partial charge >= 0.3 is 0 Å². The van der Waals surface area contributed by atoms with Crippen LogP contribution in [-0.4, -0.2) is 36.2 Å². The predicted octanol–water partition coefficient (Wildman–Crippen LogP) is 3.32. The molecule has 1 fully saturated rings. The van der Waals surface area contributed by atoms with Crippen LogP contribution in [0, 0.1) is 5.92 Å². The Morgan fingerprint density at radius 2 is 2.08 bits per heavy atom. The molecule has 2 aliphatic rings. The number of hydrogen-bond acceptors (Lipinski definition) is 4. The second-order valence-corrected chi connectivity index (χ2v) is 6.84. The molecule has 0 N–H and O–H groups in total. The first-order valence-corrected chi connectivity index (χ1v) is 8.62. The molecule has 0 atom stereocenters. The SMILES string of the molecule is COc1ccc2c(c1)CCc1c(C(=O)N3CCC(C)CC3)noc1-2. The number of ether oxygens (including phenoxy) is 1. The third-order valence-electron chi connectivity index (χ3n) is 5.26. The maximum absolute atomic E-state index is 12.8. The Kier molecular flexibility index (Phi) is 3.79. The zero-order valence-electron chi connectivity index (χ0n) is 14.2. The quantitative estimate of drug-likeness (QED) is 0.849. The average molecular weight is 326 g/mol. The molecule has 0 unspecified atom stereocenters. The molecule has 1 amide bonds. The maximum Gasteiger partial charge on any atom is 0.276 e. The Morgan fingerprint density at radius 1 is 1.29 bits per heavy atom. The number of amides is 1. The Hall–Kier alpha value is -2.30. The van der Waals surface area contributed by atoms with E-state index in [2.05, 4.69) is 12.1 Å². The van der Waals surface area contributed by atoms with Crippen LogP contribution in [0.4, 0.5) is 0 Å². The summed E-state index contributed by atoms with van der Waals surface area (Å²) < 4.78 is 10.9. The van der Waals surface area contributed by atoms with E-state index in [4.69, 9.17) is 9.26 Å². The zero-order valence-corrected chi connectivity index (χ0v) is 14.2. The maximum atomic E-state index is 12.8. The van der Waals surface area contributed by atoms with Crippen LogP contribution >= 0.6 is 0 Å². The Labute approximate surface area is 141 Å². The normalized spacial score (nSPS) is 17.3. The van der Waals surface area contributed by atoms with Gasteiger partial charge in [-0.25, -0.2) is 0 Å². The number of aryl methyl sites for hydroxylation is 1. The van der Waals surface area contributed by atoms with Crippen molar-refractivity contribution in [2.75, 3.05) is 20.2 Å². The summed E-state index contributed by atoms with van der Waals surface area (Å²) in [5.41, 5.74) is 3.66. The topological polar surface area (TPSA) is 55.6 Å². The van der Waals surface area contributed by atoms with E-state index in [0.29, 0.717) is 11.6 Å². The van der Waals surface area contributed by atoms with Gasteiger partial charge in [0.15, 0.2) is 11.5 Å². The molecule has 0 radical (unpaired) electrons. The van der Waals surface area contributed by atoms with Crippen LogP contribution in [0.5, 0.6) is 5.75 Å². The summed E-state index contributed by atoms with van der Waals surface area (Å²) in [7, 11) is 1.67. The van der Waals surface area contributed by atoms with Gasteiger partial charge in [-0.3, -0.25) is 4.79 Å². The second kappa shape index (κ2) is 5.96. The third-order valence-corrected chi connectivity index (χ3v) is 5.26. The lowest BCUT2D eigenvalue weighted by molar-refractivity contribution is 0.0686. The molecule has 1 aromatic carbocycles. The van der Waals surface area contributed by atoms with Crippen molar-refractivity contribution < 1.29 is 14.1 Å². The number of carbonyl (C=O) groups excluding carboxylic acids is 1. The van der Waals surface area contributed by atoms with Gasteiger partial charge in [-0.05, 0) is 55.4 Å². The van der Waals surface area contributed by atoms with Crippen molar-refractivity contribution in [2.24, 2.45) is 5.92 Å². The van der Waals surface area contributed by atoms with Crippen LogP contribution < -0.4 is 4.74 Å². The smallest absolute Gasteiger partial charge is 0.276 e.